The van der Waals surface area contributed by atoms with Crippen LogP contribution in [0.1, 0.15) is 24.1 Å². The van der Waals surface area contributed by atoms with Crippen molar-refractivity contribution < 1.29 is 9.47 Å². The minimum absolute atomic E-state index is 0.0305. The molecule has 2 aromatic rings. The van der Waals surface area contributed by atoms with Crippen LogP contribution in [0.2, 0.25) is 0 Å². The molecule has 1 heterocycles. The van der Waals surface area contributed by atoms with Crippen molar-refractivity contribution in [3.05, 3.63) is 59.7 Å². The van der Waals surface area contributed by atoms with E-state index >= 15 is 0 Å². The van der Waals surface area contributed by atoms with Crippen LogP contribution in [-0.4, -0.2) is 19.8 Å². The quantitative estimate of drug-likeness (QED) is 0.933. The highest BCUT2D eigenvalue weighted by Crippen LogP contribution is 2.34. The Labute approximate surface area is 125 Å². The van der Waals surface area contributed by atoms with Gasteiger partial charge in [0.05, 0.1) is 6.04 Å². The summed E-state index contributed by atoms with van der Waals surface area (Å²) in [6.45, 7) is 2.73. The van der Waals surface area contributed by atoms with Crippen molar-refractivity contribution in [1.82, 2.24) is 5.32 Å². The van der Waals surface area contributed by atoms with E-state index in [2.05, 4.69) is 36.5 Å². The molecule has 0 radical (unpaired) electrons. The van der Waals surface area contributed by atoms with Crippen LogP contribution < -0.4 is 14.8 Å². The second kappa shape index (κ2) is 6.19. The Balaban J connectivity index is 1.84. The Morgan fingerprint density at radius 1 is 1.14 bits per heavy atom. The van der Waals surface area contributed by atoms with Crippen molar-refractivity contribution in [1.29, 1.82) is 0 Å². The molecule has 0 bridgehead atoms. The number of para-hydroxylation sites is 2. The minimum Gasteiger partial charge on any atom is -0.486 e. The van der Waals surface area contributed by atoms with Gasteiger partial charge in [-0.25, -0.2) is 0 Å². The molecule has 3 nitrogen and oxygen atoms in total. The fourth-order valence-electron chi connectivity index (χ4n) is 2.77. The standard InChI is InChI=1S/C18H21NO2/c1-3-13-7-6-8-14(11-13)18(19-2)17-12-20-15-9-4-5-10-16(15)21-17/h4-11,17-19H,3,12H2,1-2H3. The van der Waals surface area contributed by atoms with E-state index in [0.717, 1.165) is 17.9 Å². The zero-order valence-electron chi connectivity index (χ0n) is 12.5. The van der Waals surface area contributed by atoms with Gasteiger partial charge in [0.1, 0.15) is 6.61 Å². The Morgan fingerprint density at radius 2 is 1.95 bits per heavy atom. The largest absolute Gasteiger partial charge is 0.486 e. The van der Waals surface area contributed by atoms with Crippen LogP contribution in [0, 0.1) is 0 Å². The molecule has 0 aromatic heterocycles. The van der Waals surface area contributed by atoms with Gasteiger partial charge >= 0.3 is 0 Å². The molecule has 0 spiro atoms. The summed E-state index contributed by atoms with van der Waals surface area (Å²) in [6.07, 6.45) is 1.01. The summed E-state index contributed by atoms with van der Waals surface area (Å²) in [7, 11) is 1.97. The van der Waals surface area contributed by atoms with Gasteiger partial charge in [-0.15, -0.1) is 0 Å². The Bertz CT molecular complexity index is 612. The van der Waals surface area contributed by atoms with Crippen LogP contribution in [0.15, 0.2) is 48.5 Å². The molecular formula is C18H21NO2. The highest BCUT2D eigenvalue weighted by atomic mass is 16.6. The lowest BCUT2D eigenvalue weighted by molar-refractivity contribution is 0.0638. The third-order valence-corrected chi connectivity index (χ3v) is 3.93. The van der Waals surface area contributed by atoms with Crippen molar-refractivity contribution in [3.63, 3.8) is 0 Å². The first-order valence-electron chi connectivity index (χ1n) is 7.46. The first-order chi connectivity index (χ1) is 10.3. The summed E-state index contributed by atoms with van der Waals surface area (Å²) >= 11 is 0. The van der Waals surface area contributed by atoms with E-state index in [4.69, 9.17) is 9.47 Å². The van der Waals surface area contributed by atoms with E-state index in [1.165, 1.54) is 11.1 Å². The molecule has 110 valence electrons. The van der Waals surface area contributed by atoms with Gasteiger partial charge in [-0.1, -0.05) is 43.3 Å². The van der Waals surface area contributed by atoms with Gasteiger partial charge in [0.15, 0.2) is 17.6 Å². The minimum atomic E-state index is -0.0305. The first kappa shape index (κ1) is 14.0. The van der Waals surface area contributed by atoms with Gasteiger partial charge in [-0.2, -0.15) is 0 Å². The number of benzene rings is 2. The lowest BCUT2D eigenvalue weighted by atomic mass is 9.98. The van der Waals surface area contributed by atoms with Crippen molar-refractivity contribution >= 4 is 0 Å². The number of hydrogen-bond donors (Lipinski definition) is 1. The maximum Gasteiger partial charge on any atom is 0.161 e. The molecule has 0 amide bonds. The van der Waals surface area contributed by atoms with Crippen molar-refractivity contribution in [2.75, 3.05) is 13.7 Å². The predicted molar refractivity (Wildman–Crippen MR) is 84.0 cm³/mol. The van der Waals surface area contributed by atoms with Gasteiger partial charge in [-0.3, -0.25) is 0 Å². The molecular weight excluding hydrogens is 262 g/mol. The molecule has 2 atom stereocenters. The zero-order valence-corrected chi connectivity index (χ0v) is 12.5. The van der Waals surface area contributed by atoms with E-state index in [1.54, 1.807) is 0 Å². The number of nitrogens with one attached hydrogen (secondary N) is 1. The number of aryl methyl sites for hydroxylation is 1. The summed E-state index contributed by atoms with van der Waals surface area (Å²) in [5.41, 5.74) is 2.58. The Morgan fingerprint density at radius 3 is 2.71 bits per heavy atom. The number of rotatable bonds is 4. The number of likely N-dealkylation sites (N-methyl/N-ethyl adjacent to an activating group) is 1. The first-order valence-corrected chi connectivity index (χ1v) is 7.46. The second-order valence-electron chi connectivity index (χ2n) is 5.28. The number of hydrogen-bond acceptors (Lipinski definition) is 3. The van der Waals surface area contributed by atoms with Crippen molar-refractivity contribution in [2.24, 2.45) is 0 Å². The summed E-state index contributed by atoms with van der Waals surface area (Å²) in [4.78, 5) is 0. The van der Waals surface area contributed by atoms with E-state index in [0.29, 0.717) is 6.61 Å². The zero-order chi connectivity index (χ0) is 14.7. The molecule has 1 aliphatic rings. The molecule has 21 heavy (non-hydrogen) atoms. The molecule has 1 aliphatic heterocycles. The van der Waals surface area contributed by atoms with E-state index in [9.17, 15) is 0 Å². The summed E-state index contributed by atoms with van der Waals surface area (Å²) in [5.74, 6) is 1.64. The van der Waals surface area contributed by atoms with Crippen LogP contribution in [0.4, 0.5) is 0 Å². The highest BCUT2D eigenvalue weighted by Gasteiger charge is 2.29. The Kier molecular flexibility index (Phi) is 4.11. The predicted octanol–water partition coefficient (Wildman–Crippen LogP) is 3.35. The average molecular weight is 283 g/mol. The van der Waals surface area contributed by atoms with Crippen molar-refractivity contribution in [2.45, 2.75) is 25.5 Å². The van der Waals surface area contributed by atoms with Crippen LogP contribution in [-0.2, 0) is 6.42 Å². The lowest BCUT2D eigenvalue weighted by Crippen LogP contribution is -2.40. The third kappa shape index (κ3) is 2.88. The van der Waals surface area contributed by atoms with Crippen molar-refractivity contribution in [3.8, 4) is 11.5 Å². The molecule has 1 N–H and O–H groups in total. The smallest absolute Gasteiger partial charge is 0.161 e. The molecule has 0 aliphatic carbocycles. The topological polar surface area (TPSA) is 30.5 Å². The number of fused-ring (bicyclic) bond motifs is 1. The summed E-state index contributed by atoms with van der Waals surface area (Å²) < 4.78 is 12.0. The van der Waals surface area contributed by atoms with E-state index < -0.39 is 0 Å². The number of ether oxygens (including phenoxy) is 2. The van der Waals surface area contributed by atoms with Gasteiger partial charge < -0.3 is 14.8 Å². The highest BCUT2D eigenvalue weighted by molar-refractivity contribution is 5.41. The SMILES string of the molecule is CCc1cccc(C(NC)C2COc3ccccc3O2)c1. The summed E-state index contributed by atoms with van der Waals surface area (Å²) in [5, 5.41) is 3.37. The van der Waals surface area contributed by atoms with Gasteiger partial charge in [0.2, 0.25) is 0 Å². The molecule has 3 rings (SSSR count). The molecule has 3 heteroatoms. The van der Waals surface area contributed by atoms with Gasteiger partial charge in [-0.05, 0) is 36.7 Å². The molecule has 0 fully saturated rings. The fraction of sp³-hybridized carbons (Fsp3) is 0.333. The average Bonchev–Trinajstić information content (AvgIpc) is 2.56. The second-order valence-corrected chi connectivity index (χ2v) is 5.28. The molecule has 0 saturated heterocycles. The van der Waals surface area contributed by atoms with Crippen LogP contribution in [0.25, 0.3) is 0 Å². The molecule has 2 unspecified atom stereocenters. The van der Waals surface area contributed by atoms with Gasteiger partial charge in [0.25, 0.3) is 0 Å². The monoisotopic (exact) mass is 283 g/mol. The maximum absolute atomic E-state index is 6.13. The normalized spacial score (nSPS) is 18.3. The fourth-order valence-corrected chi connectivity index (χ4v) is 2.77. The van der Waals surface area contributed by atoms with Crippen LogP contribution in [0.3, 0.4) is 0 Å². The van der Waals surface area contributed by atoms with Gasteiger partial charge in [0, 0.05) is 0 Å². The maximum atomic E-state index is 6.13. The summed E-state index contributed by atoms with van der Waals surface area (Å²) in [6, 6.07) is 16.6. The lowest BCUT2D eigenvalue weighted by Gasteiger charge is -2.32. The molecule has 0 saturated carbocycles. The van der Waals surface area contributed by atoms with E-state index in [1.807, 2.05) is 31.3 Å². The van der Waals surface area contributed by atoms with E-state index in [-0.39, 0.29) is 12.1 Å². The Hall–Kier alpha value is -2.00. The third-order valence-electron chi connectivity index (χ3n) is 3.93. The van der Waals surface area contributed by atoms with Crippen LogP contribution in [0.5, 0.6) is 11.5 Å². The van der Waals surface area contributed by atoms with Crippen LogP contribution >= 0.6 is 0 Å². The molecule has 2 aromatic carbocycles.